The first-order chi connectivity index (χ1) is 15.2. The molecule has 0 bridgehead atoms. The number of imidazole rings is 1. The van der Waals surface area contributed by atoms with Crippen molar-refractivity contribution in [3.8, 4) is 0 Å². The average molecular weight is 442 g/mol. The fourth-order valence-corrected chi connectivity index (χ4v) is 5.00. The Hall–Kier alpha value is -2.68. The monoisotopic (exact) mass is 441 g/mol. The topological polar surface area (TPSA) is 97.9 Å². The number of amides is 1. The standard InChI is InChI=1S/C22H27N5O3S/c1-2-4-20(29)30-26-17-6-3-5-15(12-17)11-16-7-8-18-19(13-16)27(21(25-18)24-14-28)22-23-9-10-31-22/h7-8,13-15H,2-6,9-12H2,1H3,(H,24,25,28). The van der Waals surface area contributed by atoms with Crippen molar-refractivity contribution in [2.24, 2.45) is 16.1 Å². The van der Waals surface area contributed by atoms with Crippen LogP contribution in [0.5, 0.6) is 0 Å². The number of fused-ring (bicyclic) bond motifs is 1. The molecule has 1 unspecified atom stereocenters. The van der Waals surface area contributed by atoms with E-state index in [0.29, 0.717) is 24.7 Å². The number of rotatable bonds is 7. The number of thioether (sulfide) groups is 1. The zero-order chi connectivity index (χ0) is 21.6. The van der Waals surface area contributed by atoms with Crippen molar-refractivity contribution in [1.82, 2.24) is 9.55 Å². The number of carbonyl (C=O) groups excluding carboxylic acids is 2. The van der Waals surface area contributed by atoms with Gasteiger partial charge >= 0.3 is 5.97 Å². The molecule has 31 heavy (non-hydrogen) atoms. The molecule has 8 nitrogen and oxygen atoms in total. The maximum Gasteiger partial charge on any atom is 0.334 e. The third-order valence-electron chi connectivity index (χ3n) is 5.52. The zero-order valence-electron chi connectivity index (χ0n) is 17.7. The summed E-state index contributed by atoms with van der Waals surface area (Å²) in [6.45, 7) is 2.72. The molecule has 0 spiro atoms. The Balaban J connectivity index is 1.52. The molecule has 1 aliphatic carbocycles. The van der Waals surface area contributed by atoms with Crippen molar-refractivity contribution in [2.45, 2.75) is 51.9 Å². The molecule has 2 aliphatic rings. The van der Waals surface area contributed by atoms with Gasteiger partial charge < -0.3 is 4.84 Å². The number of hydrogen-bond acceptors (Lipinski definition) is 7. The van der Waals surface area contributed by atoms with E-state index >= 15 is 0 Å². The summed E-state index contributed by atoms with van der Waals surface area (Å²) in [5.41, 5.74) is 3.97. The van der Waals surface area contributed by atoms with Crippen LogP contribution < -0.4 is 5.32 Å². The van der Waals surface area contributed by atoms with Gasteiger partial charge in [0.2, 0.25) is 12.4 Å². The molecule has 9 heteroatoms. The van der Waals surface area contributed by atoms with Gasteiger partial charge in [-0.05, 0) is 62.1 Å². The van der Waals surface area contributed by atoms with Crippen molar-refractivity contribution < 1.29 is 14.4 Å². The highest BCUT2D eigenvalue weighted by Gasteiger charge is 2.22. The Morgan fingerprint density at radius 1 is 1.45 bits per heavy atom. The molecule has 0 radical (unpaired) electrons. The summed E-state index contributed by atoms with van der Waals surface area (Å²) in [4.78, 5) is 36.8. The molecular formula is C22H27N5O3S. The highest BCUT2D eigenvalue weighted by atomic mass is 32.2. The fraction of sp³-hybridized carbons (Fsp3) is 0.500. The zero-order valence-corrected chi connectivity index (χ0v) is 18.5. The van der Waals surface area contributed by atoms with Crippen LogP contribution in [-0.2, 0) is 20.8 Å². The number of benzene rings is 1. The third-order valence-corrected chi connectivity index (χ3v) is 6.48. The highest BCUT2D eigenvalue weighted by Crippen LogP contribution is 2.29. The van der Waals surface area contributed by atoms with Gasteiger partial charge in [0.05, 0.1) is 23.3 Å². The van der Waals surface area contributed by atoms with Gasteiger partial charge in [0.15, 0.2) is 5.17 Å². The molecule has 1 amide bonds. The first-order valence-corrected chi connectivity index (χ1v) is 11.8. The van der Waals surface area contributed by atoms with Crippen LogP contribution in [0.4, 0.5) is 5.95 Å². The van der Waals surface area contributed by atoms with Gasteiger partial charge in [0, 0.05) is 12.2 Å². The van der Waals surface area contributed by atoms with Crippen LogP contribution in [0.1, 0.15) is 51.0 Å². The highest BCUT2D eigenvalue weighted by molar-refractivity contribution is 8.14. The summed E-state index contributed by atoms with van der Waals surface area (Å²) < 4.78 is 1.94. The molecule has 1 atom stereocenters. The maximum atomic E-state index is 11.6. The van der Waals surface area contributed by atoms with E-state index < -0.39 is 0 Å². The maximum absolute atomic E-state index is 11.6. The summed E-state index contributed by atoms with van der Waals surface area (Å²) in [6, 6.07) is 6.24. The molecule has 1 saturated carbocycles. The lowest BCUT2D eigenvalue weighted by Crippen LogP contribution is -2.18. The lowest BCUT2D eigenvalue weighted by Gasteiger charge is -2.22. The van der Waals surface area contributed by atoms with Crippen LogP contribution in [-0.4, -0.2) is 45.1 Å². The Morgan fingerprint density at radius 2 is 2.35 bits per heavy atom. The van der Waals surface area contributed by atoms with Crippen molar-refractivity contribution in [2.75, 3.05) is 17.6 Å². The van der Waals surface area contributed by atoms with E-state index in [2.05, 4.69) is 32.6 Å². The van der Waals surface area contributed by atoms with E-state index in [0.717, 1.165) is 72.7 Å². The fourth-order valence-electron chi connectivity index (χ4n) is 4.14. The van der Waals surface area contributed by atoms with Crippen LogP contribution in [0.3, 0.4) is 0 Å². The molecule has 2 heterocycles. The van der Waals surface area contributed by atoms with E-state index in [1.165, 1.54) is 5.56 Å². The minimum Gasteiger partial charge on any atom is -0.318 e. The molecule has 1 N–H and O–H groups in total. The van der Waals surface area contributed by atoms with Gasteiger partial charge in [0.1, 0.15) is 0 Å². The predicted molar refractivity (Wildman–Crippen MR) is 124 cm³/mol. The van der Waals surface area contributed by atoms with Gasteiger partial charge in [-0.15, -0.1) is 0 Å². The van der Waals surface area contributed by atoms with Gasteiger partial charge in [0.25, 0.3) is 0 Å². The normalized spacial score (nSPS) is 20.1. The van der Waals surface area contributed by atoms with Crippen molar-refractivity contribution in [3.05, 3.63) is 23.8 Å². The number of oxime groups is 1. The number of hydrogen-bond donors (Lipinski definition) is 1. The summed E-state index contributed by atoms with van der Waals surface area (Å²) in [5.74, 6) is 1.62. The minimum absolute atomic E-state index is 0.261. The number of aliphatic imine (C=N–C) groups is 1. The Bertz CT molecular complexity index is 1030. The van der Waals surface area contributed by atoms with E-state index in [4.69, 9.17) is 4.84 Å². The van der Waals surface area contributed by atoms with Gasteiger partial charge in [-0.25, -0.2) is 9.78 Å². The Morgan fingerprint density at radius 3 is 3.13 bits per heavy atom. The first kappa shape index (κ1) is 21.5. The van der Waals surface area contributed by atoms with Crippen molar-refractivity contribution >= 4 is 52.0 Å². The van der Waals surface area contributed by atoms with E-state index in [1.807, 2.05) is 17.6 Å². The molecule has 2 aromatic rings. The predicted octanol–water partition coefficient (Wildman–Crippen LogP) is 3.99. The SMILES string of the molecule is CCCC(=O)ON=C1CCCC(Cc2ccc3nc(NC=O)n(C4=NCCS4)c3c2)C1. The number of anilines is 1. The Labute approximate surface area is 185 Å². The van der Waals surface area contributed by atoms with Crippen LogP contribution in [0.2, 0.25) is 0 Å². The smallest absolute Gasteiger partial charge is 0.318 e. The number of carbonyl (C=O) groups is 2. The number of nitrogens with one attached hydrogen (secondary N) is 1. The van der Waals surface area contributed by atoms with Crippen LogP contribution in [0.25, 0.3) is 11.0 Å². The van der Waals surface area contributed by atoms with E-state index in [9.17, 15) is 9.59 Å². The van der Waals surface area contributed by atoms with Gasteiger partial charge in [-0.1, -0.05) is 29.9 Å². The number of aromatic nitrogens is 2. The van der Waals surface area contributed by atoms with Crippen LogP contribution in [0.15, 0.2) is 28.3 Å². The second-order valence-electron chi connectivity index (χ2n) is 7.91. The van der Waals surface area contributed by atoms with Crippen LogP contribution in [0, 0.1) is 5.92 Å². The summed E-state index contributed by atoms with van der Waals surface area (Å²) >= 11 is 1.67. The van der Waals surface area contributed by atoms with Gasteiger partial charge in [-0.3, -0.25) is 19.7 Å². The summed E-state index contributed by atoms with van der Waals surface area (Å²) in [6.07, 6.45) is 6.64. The number of nitrogens with zero attached hydrogens (tertiary/aromatic N) is 4. The lowest BCUT2D eigenvalue weighted by molar-refractivity contribution is -0.143. The molecule has 4 rings (SSSR count). The summed E-state index contributed by atoms with van der Waals surface area (Å²) in [5, 5.41) is 7.69. The molecule has 1 aliphatic heterocycles. The molecule has 164 valence electrons. The average Bonchev–Trinajstić information content (AvgIpc) is 3.40. The second kappa shape index (κ2) is 10.1. The molecule has 1 aromatic carbocycles. The first-order valence-electron chi connectivity index (χ1n) is 10.8. The second-order valence-corrected chi connectivity index (χ2v) is 8.97. The van der Waals surface area contributed by atoms with Crippen molar-refractivity contribution in [1.29, 1.82) is 0 Å². The van der Waals surface area contributed by atoms with Crippen LogP contribution >= 0.6 is 11.8 Å². The Kier molecular flexibility index (Phi) is 7.01. The van der Waals surface area contributed by atoms with Gasteiger partial charge in [-0.2, -0.15) is 0 Å². The lowest BCUT2D eigenvalue weighted by atomic mass is 9.83. The third kappa shape index (κ3) is 5.15. The minimum atomic E-state index is -0.261. The van der Waals surface area contributed by atoms with E-state index in [-0.39, 0.29) is 5.97 Å². The summed E-state index contributed by atoms with van der Waals surface area (Å²) in [7, 11) is 0. The van der Waals surface area contributed by atoms with Crippen molar-refractivity contribution in [3.63, 3.8) is 0 Å². The molecular weight excluding hydrogens is 414 g/mol. The van der Waals surface area contributed by atoms with E-state index in [1.54, 1.807) is 11.8 Å². The quantitative estimate of drug-likeness (QED) is 0.398. The molecule has 1 fully saturated rings. The molecule has 0 saturated heterocycles. The molecule has 1 aromatic heterocycles. The largest absolute Gasteiger partial charge is 0.334 e.